The van der Waals surface area contributed by atoms with Gasteiger partial charge in [0.2, 0.25) is 0 Å². The molecule has 0 aromatic rings. The molecule has 43 valence electrons. The Morgan fingerprint density at radius 3 is 2.57 bits per heavy atom. The number of aliphatic hydroxyl groups is 1. The summed E-state index contributed by atoms with van der Waals surface area (Å²) in [5.74, 6) is 0. The van der Waals surface area contributed by atoms with E-state index < -0.39 is 6.10 Å². The van der Waals surface area contributed by atoms with E-state index in [4.69, 9.17) is 5.11 Å². The average Bonchev–Trinajstić information content (AvgIpc) is 1.61. The Morgan fingerprint density at radius 1 is 1.86 bits per heavy atom. The molecule has 0 spiro atoms. The minimum Gasteiger partial charge on any atom is -0.393 e. The second-order valence-electron chi connectivity index (χ2n) is 1.44. The van der Waals surface area contributed by atoms with Gasteiger partial charge in [-0.15, -0.1) is 0 Å². The van der Waals surface area contributed by atoms with Crippen molar-refractivity contribution in [2.45, 2.75) is 12.5 Å². The van der Waals surface area contributed by atoms with Gasteiger partial charge in [0.1, 0.15) is 0 Å². The van der Waals surface area contributed by atoms with Crippen molar-refractivity contribution >= 4 is 0 Å². The highest BCUT2D eigenvalue weighted by Gasteiger charge is 1.90. The predicted octanol–water partition coefficient (Wildman–Crippen LogP) is 0.218. The fraction of sp³-hybridized carbons (Fsp3) is 0.800. The molecule has 1 N–H and O–H groups in total. The van der Waals surface area contributed by atoms with Crippen molar-refractivity contribution in [1.82, 2.24) is 0 Å². The summed E-state index contributed by atoms with van der Waals surface area (Å²) in [6.45, 7) is 3.94. The first kappa shape index (κ1) is 6.92. The zero-order valence-electron chi connectivity index (χ0n) is 4.55. The number of methoxy groups -OCH3 is 1. The van der Waals surface area contributed by atoms with Crippen molar-refractivity contribution in [2.75, 3.05) is 13.7 Å². The molecule has 0 aromatic carbocycles. The molecule has 0 saturated heterocycles. The van der Waals surface area contributed by atoms with Crippen LogP contribution < -0.4 is 0 Å². The molecule has 1 unspecified atom stereocenters. The molecule has 0 aliphatic rings. The summed E-state index contributed by atoms with van der Waals surface area (Å²) in [6, 6.07) is 0. The van der Waals surface area contributed by atoms with Crippen LogP contribution in [0.5, 0.6) is 0 Å². The molecule has 0 amide bonds. The molecule has 0 bridgehead atoms. The second-order valence-corrected chi connectivity index (χ2v) is 1.44. The molecule has 0 rings (SSSR count). The van der Waals surface area contributed by atoms with Crippen LogP contribution in [0.2, 0.25) is 0 Å². The summed E-state index contributed by atoms with van der Waals surface area (Å²) in [7, 11) is 1.60. The van der Waals surface area contributed by atoms with Gasteiger partial charge in [0.05, 0.1) is 6.10 Å². The summed E-state index contributed by atoms with van der Waals surface area (Å²) in [6.07, 6.45) is 0.149. The van der Waals surface area contributed by atoms with E-state index >= 15 is 0 Å². The Labute approximate surface area is 44.1 Å². The molecule has 1 radical (unpaired) electrons. The number of hydrogen-bond donors (Lipinski definition) is 1. The van der Waals surface area contributed by atoms with E-state index in [9.17, 15) is 0 Å². The lowest BCUT2D eigenvalue weighted by atomic mass is 10.3. The number of aliphatic hydroxyl groups excluding tert-OH is 1. The van der Waals surface area contributed by atoms with Gasteiger partial charge in [0.25, 0.3) is 0 Å². The third-order valence-corrected chi connectivity index (χ3v) is 0.655. The van der Waals surface area contributed by atoms with Crippen molar-refractivity contribution < 1.29 is 9.84 Å². The maximum atomic E-state index is 8.49. The fourth-order valence-corrected chi connectivity index (χ4v) is 0.254. The Kier molecular flexibility index (Phi) is 4.04. The lowest BCUT2D eigenvalue weighted by Gasteiger charge is -1.99. The minimum atomic E-state index is -0.472. The summed E-state index contributed by atoms with van der Waals surface area (Å²) >= 11 is 0. The molecular weight excluding hydrogens is 92.1 g/mol. The van der Waals surface area contributed by atoms with Crippen molar-refractivity contribution in [1.29, 1.82) is 0 Å². The Bertz CT molecular complexity index is 35.1. The maximum Gasteiger partial charge on any atom is 0.0563 e. The highest BCUT2D eigenvalue weighted by Crippen LogP contribution is 1.86. The Hall–Kier alpha value is -0.0800. The van der Waals surface area contributed by atoms with Gasteiger partial charge in [-0.2, -0.15) is 0 Å². The van der Waals surface area contributed by atoms with Gasteiger partial charge < -0.3 is 9.84 Å². The second kappa shape index (κ2) is 4.09. The van der Waals surface area contributed by atoms with E-state index in [1.807, 2.05) is 0 Å². The van der Waals surface area contributed by atoms with Gasteiger partial charge in [-0.05, 0) is 13.3 Å². The molecule has 2 heteroatoms. The van der Waals surface area contributed by atoms with Crippen LogP contribution in [0.25, 0.3) is 0 Å². The van der Waals surface area contributed by atoms with Gasteiger partial charge in [0, 0.05) is 13.7 Å². The highest BCUT2D eigenvalue weighted by atomic mass is 16.5. The summed E-state index contributed by atoms with van der Waals surface area (Å²) in [5, 5.41) is 8.49. The van der Waals surface area contributed by atoms with Crippen LogP contribution >= 0.6 is 0 Å². The summed E-state index contributed by atoms with van der Waals surface area (Å²) < 4.78 is 4.65. The molecule has 7 heavy (non-hydrogen) atoms. The maximum absolute atomic E-state index is 8.49. The molecule has 0 saturated carbocycles. The Morgan fingerprint density at radius 2 is 2.43 bits per heavy atom. The predicted molar refractivity (Wildman–Crippen MR) is 27.9 cm³/mol. The quantitative estimate of drug-likeness (QED) is 0.553. The van der Waals surface area contributed by atoms with Crippen LogP contribution in [-0.2, 0) is 4.74 Å². The first-order valence-corrected chi connectivity index (χ1v) is 2.27. The van der Waals surface area contributed by atoms with E-state index in [0.29, 0.717) is 13.0 Å². The fourth-order valence-electron chi connectivity index (χ4n) is 0.254. The molecular formula is C5H11O2. The van der Waals surface area contributed by atoms with Crippen LogP contribution in [0, 0.1) is 6.92 Å². The number of rotatable bonds is 3. The zero-order chi connectivity index (χ0) is 5.70. The van der Waals surface area contributed by atoms with Gasteiger partial charge in [0.15, 0.2) is 0 Å². The number of hydrogen-bond acceptors (Lipinski definition) is 2. The highest BCUT2D eigenvalue weighted by molar-refractivity contribution is 4.53. The van der Waals surface area contributed by atoms with E-state index in [1.165, 1.54) is 0 Å². The van der Waals surface area contributed by atoms with E-state index in [1.54, 1.807) is 7.11 Å². The SMILES string of the molecule is [CH2]C(O)CCOC. The monoisotopic (exact) mass is 103 g/mol. The van der Waals surface area contributed by atoms with Gasteiger partial charge >= 0.3 is 0 Å². The lowest BCUT2D eigenvalue weighted by Crippen LogP contribution is -2.03. The van der Waals surface area contributed by atoms with Gasteiger partial charge in [-0.25, -0.2) is 0 Å². The minimum absolute atomic E-state index is 0.472. The molecule has 0 aromatic heterocycles. The normalized spacial score (nSPS) is 14.1. The van der Waals surface area contributed by atoms with E-state index in [0.717, 1.165) is 0 Å². The molecule has 2 nitrogen and oxygen atoms in total. The molecule has 0 aliphatic carbocycles. The third kappa shape index (κ3) is 5.92. The van der Waals surface area contributed by atoms with Crippen molar-refractivity contribution in [3.63, 3.8) is 0 Å². The smallest absolute Gasteiger partial charge is 0.0563 e. The topological polar surface area (TPSA) is 29.5 Å². The van der Waals surface area contributed by atoms with E-state index in [-0.39, 0.29) is 0 Å². The largest absolute Gasteiger partial charge is 0.393 e. The first-order chi connectivity index (χ1) is 3.27. The van der Waals surface area contributed by atoms with Crippen molar-refractivity contribution in [2.24, 2.45) is 0 Å². The van der Waals surface area contributed by atoms with Gasteiger partial charge in [-0.1, -0.05) is 0 Å². The summed E-state index contributed by atoms with van der Waals surface area (Å²) in [4.78, 5) is 0. The van der Waals surface area contributed by atoms with Crippen LogP contribution in [0.4, 0.5) is 0 Å². The van der Waals surface area contributed by atoms with Crippen molar-refractivity contribution in [3.05, 3.63) is 6.92 Å². The van der Waals surface area contributed by atoms with Crippen LogP contribution in [0.15, 0.2) is 0 Å². The third-order valence-electron chi connectivity index (χ3n) is 0.655. The Balaban J connectivity index is 2.68. The molecule has 0 fully saturated rings. The lowest BCUT2D eigenvalue weighted by molar-refractivity contribution is 0.135. The van der Waals surface area contributed by atoms with Gasteiger partial charge in [-0.3, -0.25) is 0 Å². The van der Waals surface area contributed by atoms with Crippen LogP contribution in [0.3, 0.4) is 0 Å². The van der Waals surface area contributed by atoms with Crippen LogP contribution in [-0.4, -0.2) is 24.9 Å². The zero-order valence-corrected chi connectivity index (χ0v) is 4.55. The molecule has 1 atom stereocenters. The van der Waals surface area contributed by atoms with Crippen molar-refractivity contribution in [3.8, 4) is 0 Å². The number of ether oxygens (including phenoxy) is 1. The summed E-state index contributed by atoms with van der Waals surface area (Å²) in [5.41, 5.74) is 0. The average molecular weight is 103 g/mol. The van der Waals surface area contributed by atoms with E-state index in [2.05, 4.69) is 11.7 Å². The standard InChI is InChI=1S/C5H11O2/c1-5(6)3-4-7-2/h5-6H,1,3-4H2,2H3. The molecule has 0 heterocycles. The first-order valence-electron chi connectivity index (χ1n) is 2.27. The van der Waals surface area contributed by atoms with Crippen LogP contribution in [0.1, 0.15) is 6.42 Å². The molecule has 0 aliphatic heterocycles.